The van der Waals surface area contributed by atoms with Crippen LogP contribution in [0.25, 0.3) is 11.3 Å². The van der Waals surface area contributed by atoms with E-state index in [1.807, 2.05) is 29.6 Å². The maximum atomic E-state index is 4.32. The Morgan fingerprint density at radius 2 is 2.08 bits per heavy atom. The normalized spacial score (nSPS) is 10.1. The third-order valence-electron chi connectivity index (χ3n) is 1.54. The molecule has 0 amide bonds. The fourth-order valence-electron chi connectivity index (χ4n) is 0.972. The summed E-state index contributed by atoms with van der Waals surface area (Å²) in [6.07, 6.45) is 0. The molecule has 0 radical (unpaired) electrons. The van der Waals surface area contributed by atoms with Crippen molar-refractivity contribution in [2.24, 2.45) is 0 Å². The van der Waals surface area contributed by atoms with Gasteiger partial charge in [-0.15, -0.1) is 17.7 Å². The van der Waals surface area contributed by atoms with Gasteiger partial charge in [0.25, 0.3) is 0 Å². The summed E-state index contributed by atoms with van der Waals surface area (Å²) in [6.45, 7) is 0. The summed E-state index contributed by atoms with van der Waals surface area (Å²) < 4.78 is 3.80. The van der Waals surface area contributed by atoms with Crippen LogP contribution in [0.15, 0.2) is 34.5 Å². The van der Waals surface area contributed by atoms with Gasteiger partial charge in [-0.25, -0.2) is 0 Å². The maximum absolute atomic E-state index is 4.32. The van der Waals surface area contributed by atoms with Gasteiger partial charge in [-0.2, -0.15) is 0 Å². The van der Waals surface area contributed by atoms with E-state index in [-0.39, 0.29) is 0 Å². The van der Waals surface area contributed by atoms with Gasteiger partial charge in [0, 0.05) is 15.8 Å². The van der Waals surface area contributed by atoms with Crippen LogP contribution < -0.4 is 0 Å². The van der Waals surface area contributed by atoms with Crippen molar-refractivity contribution in [2.45, 2.75) is 4.90 Å². The van der Waals surface area contributed by atoms with Gasteiger partial charge in [0.15, 0.2) is 0 Å². The Bertz CT molecular complexity index is 370. The fraction of sp³-hybridized carbons (Fsp3) is 0. The molecule has 12 heavy (non-hydrogen) atoms. The van der Waals surface area contributed by atoms with Crippen LogP contribution in [0.3, 0.4) is 0 Å². The second-order valence-corrected chi connectivity index (χ2v) is 3.40. The van der Waals surface area contributed by atoms with E-state index < -0.39 is 0 Å². The molecule has 0 bridgehead atoms. The highest BCUT2D eigenvalue weighted by Crippen LogP contribution is 2.24. The quantitative estimate of drug-likeness (QED) is 0.706. The SMILES string of the molecule is Sc1ccccc1-c1csnn1. The standard InChI is InChI=1S/C8H6N2S2/c11-8-4-2-1-3-6(8)7-5-12-10-9-7/h1-5,11H. The maximum Gasteiger partial charge on any atom is 0.106 e. The molecule has 2 rings (SSSR count). The molecule has 0 fully saturated rings. The summed E-state index contributed by atoms with van der Waals surface area (Å²) in [4.78, 5) is 0.935. The molecule has 0 N–H and O–H groups in total. The molecule has 2 nitrogen and oxygen atoms in total. The minimum atomic E-state index is 0.894. The van der Waals surface area contributed by atoms with Gasteiger partial charge >= 0.3 is 0 Å². The zero-order valence-corrected chi connectivity index (χ0v) is 7.85. The minimum Gasteiger partial charge on any atom is -0.143 e. The van der Waals surface area contributed by atoms with Crippen molar-refractivity contribution in [1.82, 2.24) is 9.59 Å². The number of hydrogen-bond donors (Lipinski definition) is 1. The Balaban J connectivity index is 2.55. The van der Waals surface area contributed by atoms with E-state index in [0.717, 1.165) is 16.2 Å². The molecule has 0 saturated heterocycles. The second-order valence-electron chi connectivity index (χ2n) is 2.31. The number of aromatic nitrogens is 2. The van der Waals surface area contributed by atoms with Crippen LogP contribution in [-0.4, -0.2) is 9.59 Å². The van der Waals surface area contributed by atoms with Gasteiger partial charge in [0.05, 0.1) is 0 Å². The third kappa shape index (κ3) is 1.35. The molecule has 0 unspecified atom stereocenters. The number of thiol groups is 1. The van der Waals surface area contributed by atoms with E-state index in [4.69, 9.17) is 0 Å². The molecule has 0 aliphatic rings. The van der Waals surface area contributed by atoms with Crippen molar-refractivity contribution in [1.29, 1.82) is 0 Å². The lowest BCUT2D eigenvalue weighted by atomic mass is 10.2. The largest absolute Gasteiger partial charge is 0.143 e. The third-order valence-corrected chi connectivity index (χ3v) is 2.43. The highest BCUT2D eigenvalue weighted by molar-refractivity contribution is 7.80. The molecule has 0 saturated carbocycles. The Labute approximate surface area is 79.8 Å². The Kier molecular flexibility index (Phi) is 2.10. The van der Waals surface area contributed by atoms with E-state index in [1.165, 1.54) is 11.5 Å². The highest BCUT2D eigenvalue weighted by atomic mass is 32.1. The van der Waals surface area contributed by atoms with Gasteiger partial charge < -0.3 is 0 Å². The number of rotatable bonds is 1. The monoisotopic (exact) mass is 194 g/mol. The van der Waals surface area contributed by atoms with Crippen molar-refractivity contribution in [3.8, 4) is 11.3 Å². The zero-order valence-electron chi connectivity index (χ0n) is 6.14. The van der Waals surface area contributed by atoms with Crippen molar-refractivity contribution in [3.05, 3.63) is 29.6 Å². The van der Waals surface area contributed by atoms with Gasteiger partial charge in [0.2, 0.25) is 0 Å². The van der Waals surface area contributed by atoms with E-state index >= 15 is 0 Å². The van der Waals surface area contributed by atoms with Crippen LogP contribution in [0.5, 0.6) is 0 Å². The Hall–Kier alpha value is -0.870. The van der Waals surface area contributed by atoms with Crippen LogP contribution in [0.1, 0.15) is 0 Å². The molecule has 1 aromatic heterocycles. The first-order valence-electron chi connectivity index (χ1n) is 3.43. The summed E-state index contributed by atoms with van der Waals surface area (Å²) in [5, 5.41) is 5.88. The summed E-state index contributed by atoms with van der Waals surface area (Å²) in [7, 11) is 0. The first kappa shape index (κ1) is 7.76. The molecule has 60 valence electrons. The minimum absolute atomic E-state index is 0.894. The van der Waals surface area contributed by atoms with Crippen LogP contribution >= 0.6 is 24.2 Å². The van der Waals surface area contributed by atoms with Gasteiger partial charge in [-0.1, -0.05) is 22.7 Å². The molecule has 1 aromatic carbocycles. The predicted octanol–water partition coefficient (Wildman–Crippen LogP) is 2.49. The lowest BCUT2D eigenvalue weighted by Crippen LogP contribution is -1.79. The van der Waals surface area contributed by atoms with Crippen LogP contribution in [0.2, 0.25) is 0 Å². The predicted molar refractivity (Wildman–Crippen MR) is 52.6 cm³/mol. The molecule has 0 aliphatic carbocycles. The molecular weight excluding hydrogens is 188 g/mol. The van der Waals surface area contributed by atoms with Crippen LogP contribution in [0.4, 0.5) is 0 Å². The number of hydrogen-bond acceptors (Lipinski definition) is 4. The number of nitrogens with zero attached hydrogens (tertiary/aromatic N) is 2. The zero-order chi connectivity index (χ0) is 8.39. The smallest absolute Gasteiger partial charge is 0.106 e. The van der Waals surface area contributed by atoms with Crippen molar-refractivity contribution in [2.75, 3.05) is 0 Å². The molecule has 0 spiro atoms. The molecule has 0 aliphatic heterocycles. The summed E-state index contributed by atoms with van der Waals surface area (Å²) in [5.41, 5.74) is 1.93. The van der Waals surface area contributed by atoms with E-state index in [9.17, 15) is 0 Å². The molecule has 4 heteroatoms. The van der Waals surface area contributed by atoms with E-state index in [2.05, 4.69) is 22.2 Å². The molecule has 1 heterocycles. The topological polar surface area (TPSA) is 25.8 Å². The van der Waals surface area contributed by atoms with Crippen LogP contribution in [-0.2, 0) is 0 Å². The molecule has 2 aromatic rings. The highest BCUT2D eigenvalue weighted by Gasteiger charge is 2.02. The van der Waals surface area contributed by atoms with Crippen LogP contribution in [0, 0.1) is 0 Å². The van der Waals surface area contributed by atoms with E-state index in [1.54, 1.807) is 0 Å². The van der Waals surface area contributed by atoms with Crippen molar-refractivity contribution >= 4 is 24.2 Å². The average molecular weight is 194 g/mol. The molecular formula is C8H6N2S2. The first-order chi connectivity index (χ1) is 5.88. The van der Waals surface area contributed by atoms with Gasteiger partial charge in [-0.05, 0) is 17.6 Å². The first-order valence-corrected chi connectivity index (χ1v) is 4.72. The van der Waals surface area contributed by atoms with Crippen molar-refractivity contribution in [3.63, 3.8) is 0 Å². The van der Waals surface area contributed by atoms with Crippen molar-refractivity contribution < 1.29 is 0 Å². The second kappa shape index (κ2) is 3.25. The number of benzene rings is 1. The molecule has 0 atom stereocenters. The summed E-state index contributed by atoms with van der Waals surface area (Å²) >= 11 is 5.67. The van der Waals surface area contributed by atoms with E-state index in [0.29, 0.717) is 0 Å². The lowest BCUT2D eigenvalue weighted by Gasteiger charge is -1.97. The lowest BCUT2D eigenvalue weighted by molar-refractivity contribution is 1.15. The average Bonchev–Trinajstić information content (AvgIpc) is 2.57. The summed E-state index contributed by atoms with van der Waals surface area (Å²) in [6, 6.07) is 7.84. The Morgan fingerprint density at radius 3 is 2.75 bits per heavy atom. The van der Waals surface area contributed by atoms with Gasteiger partial charge in [-0.3, -0.25) is 0 Å². The van der Waals surface area contributed by atoms with Gasteiger partial charge in [0.1, 0.15) is 5.69 Å². The Morgan fingerprint density at radius 1 is 1.25 bits per heavy atom. The fourth-order valence-corrected chi connectivity index (χ4v) is 1.70. The summed E-state index contributed by atoms with van der Waals surface area (Å²) in [5.74, 6) is 0.